The number of amides is 1. The minimum Gasteiger partial charge on any atom is -0.462 e. The van der Waals surface area contributed by atoms with Gasteiger partial charge in [0.05, 0.1) is 24.4 Å². The number of methoxy groups -OCH3 is 3. The summed E-state index contributed by atoms with van der Waals surface area (Å²) in [5, 5.41) is 22.6. The predicted octanol–water partition coefficient (Wildman–Crippen LogP) is 5.04. The lowest BCUT2D eigenvalue weighted by Gasteiger charge is -2.47. The second kappa shape index (κ2) is 21.7. The molecule has 3 fully saturated rings. The Hall–Kier alpha value is -3.01. The van der Waals surface area contributed by atoms with Crippen LogP contribution >= 0.6 is 0 Å². The Morgan fingerprint density at radius 3 is 2.20 bits per heavy atom. The number of cyclic esters (lactones) is 1. The molecule has 1 amide bonds. The summed E-state index contributed by atoms with van der Waals surface area (Å²) in [7, 11) is 4.61. The Morgan fingerprint density at radius 2 is 1.58 bits per heavy atom. The van der Waals surface area contributed by atoms with E-state index in [4.69, 9.17) is 28.4 Å². The van der Waals surface area contributed by atoms with Crippen molar-refractivity contribution in [3.8, 4) is 0 Å². The summed E-state index contributed by atoms with van der Waals surface area (Å²) >= 11 is 0. The number of fused-ring (bicyclic) bond motifs is 3. The molecule has 1 aliphatic carbocycles. The summed E-state index contributed by atoms with van der Waals surface area (Å²) < 4.78 is 35.8. The molecule has 14 nitrogen and oxygen atoms in total. The molecule has 4 rings (SSSR count). The Balaban J connectivity index is 1.82. The summed E-state index contributed by atoms with van der Waals surface area (Å²) in [5.74, 6) is -8.26. The second-order valence-corrected chi connectivity index (χ2v) is 17.7. The van der Waals surface area contributed by atoms with Crippen molar-refractivity contribution < 1.29 is 62.6 Å². The number of carbonyl (C=O) groups excluding carboxylic acids is 5. The van der Waals surface area contributed by atoms with E-state index >= 15 is 0 Å². The number of allylic oxidation sites excluding steroid dienone is 3. The molecule has 4 aliphatic rings. The molecule has 334 valence electrons. The first-order chi connectivity index (χ1) is 27.9. The number of ether oxygens (including phenoxy) is 6. The van der Waals surface area contributed by atoms with Crippen LogP contribution in [0.15, 0.2) is 23.3 Å². The second-order valence-electron chi connectivity index (χ2n) is 17.7. The van der Waals surface area contributed by atoms with E-state index in [0.29, 0.717) is 56.9 Å². The third kappa shape index (κ3) is 11.9. The predicted molar refractivity (Wildman–Crippen MR) is 218 cm³/mol. The largest absolute Gasteiger partial charge is 0.462 e. The number of esters is 2. The fourth-order valence-corrected chi connectivity index (χ4v) is 9.74. The molecule has 2 bridgehead atoms. The van der Waals surface area contributed by atoms with Crippen molar-refractivity contribution in [1.82, 2.24) is 4.90 Å². The van der Waals surface area contributed by atoms with Gasteiger partial charge >= 0.3 is 11.9 Å². The van der Waals surface area contributed by atoms with Crippen molar-refractivity contribution in [3.63, 3.8) is 0 Å². The van der Waals surface area contributed by atoms with Gasteiger partial charge in [0.1, 0.15) is 30.1 Å². The number of hydrogen-bond donors (Lipinski definition) is 2. The maximum Gasteiger partial charge on any atom is 0.329 e. The maximum absolute atomic E-state index is 14.5. The zero-order valence-electron chi connectivity index (χ0n) is 37.0. The highest BCUT2D eigenvalue weighted by atomic mass is 16.7. The van der Waals surface area contributed by atoms with Gasteiger partial charge in [0, 0.05) is 59.0 Å². The molecular formula is C45H71NO13. The van der Waals surface area contributed by atoms with Gasteiger partial charge in [0.25, 0.3) is 11.7 Å². The lowest BCUT2D eigenvalue weighted by Crippen LogP contribution is -2.64. The van der Waals surface area contributed by atoms with Gasteiger partial charge in [-0.1, -0.05) is 45.4 Å². The lowest BCUT2D eigenvalue weighted by atomic mass is 9.81. The van der Waals surface area contributed by atoms with E-state index in [2.05, 4.69) is 0 Å². The molecule has 1 unspecified atom stereocenters. The molecular weight excluding hydrogens is 762 g/mol. The van der Waals surface area contributed by atoms with Gasteiger partial charge in [-0.15, -0.1) is 0 Å². The van der Waals surface area contributed by atoms with Gasteiger partial charge in [0.2, 0.25) is 5.79 Å². The summed E-state index contributed by atoms with van der Waals surface area (Å²) in [5.41, 5.74) is 1.63. The van der Waals surface area contributed by atoms with E-state index in [1.165, 1.54) is 26.0 Å². The lowest BCUT2D eigenvalue weighted by molar-refractivity contribution is -0.302. The monoisotopic (exact) mass is 833 g/mol. The minimum absolute atomic E-state index is 0.0111. The molecule has 3 aliphatic heterocycles. The number of aliphatic hydroxyl groups excluding tert-OH is 1. The average Bonchev–Trinajstić information content (AvgIpc) is 3.20. The fourth-order valence-electron chi connectivity index (χ4n) is 9.74. The van der Waals surface area contributed by atoms with Gasteiger partial charge in [-0.25, -0.2) is 4.79 Å². The number of piperidine rings is 1. The summed E-state index contributed by atoms with van der Waals surface area (Å²) in [6, 6.07) is -1.16. The molecule has 59 heavy (non-hydrogen) atoms. The van der Waals surface area contributed by atoms with Gasteiger partial charge in [-0.3, -0.25) is 19.2 Å². The van der Waals surface area contributed by atoms with Crippen molar-refractivity contribution in [3.05, 3.63) is 23.3 Å². The molecule has 0 radical (unpaired) electrons. The first-order valence-corrected chi connectivity index (χ1v) is 21.7. The first-order valence-electron chi connectivity index (χ1n) is 21.7. The van der Waals surface area contributed by atoms with Gasteiger partial charge in [-0.2, -0.15) is 0 Å². The van der Waals surface area contributed by atoms with Gasteiger partial charge < -0.3 is 43.5 Å². The van der Waals surface area contributed by atoms with Crippen molar-refractivity contribution in [2.45, 2.75) is 174 Å². The zero-order valence-corrected chi connectivity index (χ0v) is 37.0. The van der Waals surface area contributed by atoms with E-state index in [1.807, 2.05) is 39.8 Å². The van der Waals surface area contributed by atoms with Crippen LogP contribution in [0.25, 0.3) is 0 Å². The standard InChI is InChI=1S/C45H71NO13/c1-11-32-19-25(2)18-26(3)20-38(55-9)41-39(56-10)22-28(5)45(53,59-41)42(50)43(51)46-17-13-12-14-33(46)44(52)58-40(29(6)36(24-35(32)49)57-30(7)47)27(4)21-31-15-16-34(48)37(23-31)54-8/h19,21,26,28-29,31-34,36-41,48,53H,11-18,20,22-24H2,1-10H3/b25-19+,27-21+/t26-,28+,29+,31-,32+,33-,34+,36-,37+,38?,39-,40+,41+,45+/m0/s1. The molecule has 14 heteroatoms. The molecule has 2 saturated heterocycles. The summed E-state index contributed by atoms with van der Waals surface area (Å²) in [4.78, 5) is 71.0. The minimum atomic E-state index is -2.52. The number of Topliss-reactive ketones (excluding diaryl/α,β-unsaturated/α-hetero) is 2. The quantitative estimate of drug-likeness (QED) is 0.198. The SMILES string of the molecule is CC[C@@H]1/C=C(\C)C[C@H](C)CC(OC)[C@H]2O[C@@](O)(C(=O)C(=O)N3CCCC[C@H]3C(=O)O[C@H](/C(C)=C/[C@@H]3CC[C@@H](O)[C@H](OC)C3)[C@H](C)[C@@H](OC(C)=O)CC1=O)[C@H](C)C[C@@H]2OC. The van der Waals surface area contributed by atoms with E-state index in [0.717, 1.165) is 5.57 Å². The van der Waals surface area contributed by atoms with Gasteiger partial charge in [-0.05, 0) is 95.5 Å². The van der Waals surface area contributed by atoms with E-state index in [1.54, 1.807) is 21.0 Å². The Labute approximate surface area is 350 Å². The van der Waals surface area contributed by atoms with Crippen LogP contribution in [0, 0.1) is 29.6 Å². The maximum atomic E-state index is 14.5. The van der Waals surface area contributed by atoms with Crippen LogP contribution in [-0.4, -0.2) is 127 Å². The molecule has 2 N–H and O–H groups in total. The topological polar surface area (TPSA) is 184 Å². The Kier molecular flexibility index (Phi) is 17.9. The number of carbonyl (C=O) groups is 5. The number of ketones is 2. The average molecular weight is 834 g/mol. The highest BCUT2D eigenvalue weighted by molar-refractivity contribution is 6.39. The summed E-state index contributed by atoms with van der Waals surface area (Å²) in [6.45, 7) is 12.5. The van der Waals surface area contributed by atoms with Crippen LogP contribution in [0.1, 0.15) is 119 Å². The molecule has 1 saturated carbocycles. The van der Waals surface area contributed by atoms with Gasteiger partial charge in [0.15, 0.2) is 0 Å². The van der Waals surface area contributed by atoms with Crippen molar-refractivity contribution in [2.75, 3.05) is 27.9 Å². The normalized spacial score (nSPS) is 39.9. The third-order valence-electron chi connectivity index (χ3n) is 13.2. The van der Waals surface area contributed by atoms with Crippen molar-refractivity contribution in [2.24, 2.45) is 29.6 Å². The third-order valence-corrected chi connectivity index (χ3v) is 13.2. The van der Waals surface area contributed by atoms with Crippen LogP contribution in [-0.2, 0) is 52.4 Å². The van der Waals surface area contributed by atoms with Crippen molar-refractivity contribution in [1.29, 1.82) is 0 Å². The number of rotatable bonds is 7. The number of aliphatic hydroxyl groups is 2. The first kappa shape index (κ1) is 48.7. The smallest absolute Gasteiger partial charge is 0.329 e. The van der Waals surface area contributed by atoms with E-state index in [9.17, 15) is 34.2 Å². The molecule has 14 atom stereocenters. The van der Waals surface area contributed by atoms with Crippen molar-refractivity contribution >= 4 is 29.4 Å². The molecule has 0 aromatic rings. The zero-order chi connectivity index (χ0) is 43.8. The number of hydrogen-bond acceptors (Lipinski definition) is 13. The Bertz CT molecular complexity index is 1540. The molecule has 3 heterocycles. The van der Waals surface area contributed by atoms with E-state index in [-0.39, 0.29) is 49.5 Å². The van der Waals surface area contributed by atoms with Crippen LogP contribution in [0.4, 0.5) is 0 Å². The highest BCUT2D eigenvalue weighted by Crippen LogP contribution is 2.39. The van der Waals surface area contributed by atoms with Crippen LogP contribution < -0.4 is 0 Å². The summed E-state index contributed by atoms with van der Waals surface area (Å²) in [6.07, 6.45) is 3.60. The molecule has 0 aromatic heterocycles. The van der Waals surface area contributed by atoms with E-state index < -0.39 is 89.8 Å². The highest BCUT2D eigenvalue weighted by Gasteiger charge is 2.56. The number of nitrogens with zero attached hydrogens (tertiary/aromatic N) is 1. The fraction of sp³-hybridized carbons (Fsp3) is 0.800. The molecule has 0 aromatic carbocycles. The molecule has 0 spiro atoms. The van der Waals surface area contributed by atoms with Crippen LogP contribution in [0.2, 0.25) is 0 Å². The Morgan fingerprint density at radius 1 is 0.915 bits per heavy atom. The van der Waals surface area contributed by atoms with Crippen LogP contribution in [0.5, 0.6) is 0 Å². The van der Waals surface area contributed by atoms with Crippen LogP contribution in [0.3, 0.4) is 0 Å².